The quantitative estimate of drug-likeness (QED) is 0.701. The molecule has 0 fully saturated rings. The molecule has 1 aromatic rings. The van der Waals surface area contributed by atoms with Crippen molar-refractivity contribution < 1.29 is 19.1 Å². The minimum Gasteiger partial charge on any atom is -0.508 e. The molecule has 12 heavy (non-hydrogen) atoms. The third-order valence-electron chi connectivity index (χ3n) is 1.30. The maximum atomic E-state index is 10.2. The molecule has 0 saturated heterocycles. The number of benzene rings is 1. The van der Waals surface area contributed by atoms with Crippen LogP contribution < -0.4 is 0 Å². The zero-order valence-corrected chi connectivity index (χ0v) is 7.23. The van der Waals surface area contributed by atoms with Crippen molar-refractivity contribution in [1.82, 2.24) is 0 Å². The van der Waals surface area contributed by atoms with Crippen molar-refractivity contribution in [2.24, 2.45) is 0 Å². The molecule has 1 aromatic carbocycles. The number of phenolic OH excluding ortho intramolecular Hbond substituents is 1. The Morgan fingerprint density at radius 2 is 1.92 bits per heavy atom. The van der Waals surface area contributed by atoms with Crippen LogP contribution in [0.1, 0.15) is 5.56 Å². The first-order chi connectivity index (χ1) is 5.68. The summed E-state index contributed by atoms with van der Waals surface area (Å²) < 4.78 is 14.6. The molecule has 0 aliphatic rings. The van der Waals surface area contributed by atoms with Crippen molar-refractivity contribution in [3.8, 4) is 5.75 Å². The first kappa shape index (κ1) is 9.26. The SMILES string of the molecule is O=[PH](O)OCc1ccc(O)cc1. The molecule has 66 valence electrons. The van der Waals surface area contributed by atoms with E-state index in [2.05, 4.69) is 4.52 Å². The van der Waals surface area contributed by atoms with Crippen LogP contribution >= 0.6 is 8.25 Å². The van der Waals surface area contributed by atoms with Crippen molar-refractivity contribution in [1.29, 1.82) is 0 Å². The van der Waals surface area contributed by atoms with E-state index in [9.17, 15) is 4.57 Å². The Hall–Kier alpha value is -0.830. The smallest absolute Gasteiger partial charge is 0.316 e. The van der Waals surface area contributed by atoms with Gasteiger partial charge in [-0.2, -0.15) is 0 Å². The molecule has 0 heterocycles. The van der Waals surface area contributed by atoms with E-state index < -0.39 is 8.25 Å². The van der Waals surface area contributed by atoms with Crippen LogP contribution in [0.15, 0.2) is 24.3 Å². The second kappa shape index (κ2) is 4.26. The average molecular weight is 188 g/mol. The van der Waals surface area contributed by atoms with E-state index in [0.29, 0.717) is 0 Å². The third-order valence-corrected chi connectivity index (χ3v) is 1.69. The first-order valence-electron chi connectivity index (χ1n) is 3.32. The molecule has 0 aliphatic carbocycles. The Kier molecular flexibility index (Phi) is 3.29. The van der Waals surface area contributed by atoms with Crippen molar-refractivity contribution in [2.75, 3.05) is 0 Å². The summed E-state index contributed by atoms with van der Waals surface area (Å²) in [6.45, 7) is 0.0918. The van der Waals surface area contributed by atoms with Gasteiger partial charge in [-0.05, 0) is 17.7 Å². The Morgan fingerprint density at radius 1 is 1.33 bits per heavy atom. The summed E-state index contributed by atoms with van der Waals surface area (Å²) in [4.78, 5) is 8.34. The highest BCUT2D eigenvalue weighted by Gasteiger charge is 1.95. The Labute approximate surface area is 70.4 Å². The van der Waals surface area contributed by atoms with E-state index in [1.807, 2.05) is 0 Å². The standard InChI is InChI=1S/C7H9O4P/c8-7-3-1-6(2-4-7)5-11-12(9)10/h1-4,8,12H,5H2,(H,9,10). The van der Waals surface area contributed by atoms with Crippen LogP contribution in [0.5, 0.6) is 5.75 Å². The van der Waals surface area contributed by atoms with Gasteiger partial charge in [-0.25, -0.2) is 0 Å². The van der Waals surface area contributed by atoms with Gasteiger partial charge in [-0.1, -0.05) is 12.1 Å². The van der Waals surface area contributed by atoms with Crippen molar-refractivity contribution in [2.45, 2.75) is 6.61 Å². The number of phenols is 1. The zero-order valence-electron chi connectivity index (χ0n) is 6.23. The molecular formula is C7H9O4P. The maximum Gasteiger partial charge on any atom is 0.316 e. The van der Waals surface area contributed by atoms with E-state index in [1.165, 1.54) is 12.1 Å². The topological polar surface area (TPSA) is 66.8 Å². The first-order valence-corrected chi connectivity index (χ1v) is 4.58. The summed E-state index contributed by atoms with van der Waals surface area (Å²) in [6, 6.07) is 6.24. The van der Waals surface area contributed by atoms with Gasteiger partial charge in [-0.3, -0.25) is 4.57 Å². The lowest BCUT2D eigenvalue weighted by atomic mass is 10.2. The highest BCUT2D eigenvalue weighted by molar-refractivity contribution is 7.32. The summed E-state index contributed by atoms with van der Waals surface area (Å²) in [5, 5.41) is 8.89. The minimum absolute atomic E-state index is 0.0918. The van der Waals surface area contributed by atoms with E-state index in [1.54, 1.807) is 12.1 Å². The number of hydrogen-bond donors (Lipinski definition) is 2. The second-order valence-corrected chi connectivity index (χ2v) is 3.04. The molecule has 4 nitrogen and oxygen atoms in total. The Balaban J connectivity index is 2.53. The Bertz CT molecular complexity index is 269. The monoisotopic (exact) mass is 188 g/mol. The van der Waals surface area contributed by atoms with Gasteiger partial charge < -0.3 is 14.5 Å². The van der Waals surface area contributed by atoms with Gasteiger partial charge in [0.2, 0.25) is 0 Å². The summed E-state index contributed by atoms with van der Waals surface area (Å²) >= 11 is 0. The third kappa shape index (κ3) is 3.05. The second-order valence-electron chi connectivity index (χ2n) is 2.22. The van der Waals surface area contributed by atoms with Crippen molar-refractivity contribution >= 4 is 8.25 Å². The van der Waals surface area contributed by atoms with Gasteiger partial charge in [0.15, 0.2) is 0 Å². The predicted molar refractivity (Wildman–Crippen MR) is 44.1 cm³/mol. The molecule has 1 unspecified atom stereocenters. The van der Waals surface area contributed by atoms with Crippen LogP contribution in [0.25, 0.3) is 0 Å². The van der Waals surface area contributed by atoms with Crippen LogP contribution in [-0.4, -0.2) is 10.00 Å². The predicted octanol–water partition coefficient (Wildman–Crippen LogP) is 1.29. The van der Waals surface area contributed by atoms with Gasteiger partial charge in [0.1, 0.15) is 5.75 Å². The molecule has 0 aromatic heterocycles. The number of aromatic hydroxyl groups is 1. The molecule has 1 atom stereocenters. The summed E-state index contributed by atoms with van der Waals surface area (Å²) in [6.07, 6.45) is 0. The van der Waals surface area contributed by atoms with Crippen LogP contribution in [0, 0.1) is 0 Å². The van der Waals surface area contributed by atoms with Gasteiger partial charge >= 0.3 is 8.25 Å². The molecule has 2 N–H and O–H groups in total. The summed E-state index contributed by atoms with van der Waals surface area (Å²) in [5.74, 6) is 0.162. The lowest BCUT2D eigenvalue weighted by Crippen LogP contribution is -1.83. The van der Waals surface area contributed by atoms with E-state index in [-0.39, 0.29) is 12.4 Å². The van der Waals surface area contributed by atoms with E-state index in [4.69, 9.17) is 10.00 Å². The lowest BCUT2D eigenvalue weighted by molar-refractivity contribution is 0.272. The fraction of sp³-hybridized carbons (Fsp3) is 0.143. The summed E-state index contributed by atoms with van der Waals surface area (Å²) in [7, 11) is -2.85. The highest BCUT2D eigenvalue weighted by Crippen LogP contribution is 2.18. The molecule has 0 amide bonds. The molecule has 0 saturated carbocycles. The molecule has 1 rings (SSSR count). The van der Waals surface area contributed by atoms with Crippen LogP contribution in [0.2, 0.25) is 0 Å². The zero-order chi connectivity index (χ0) is 8.97. The molecular weight excluding hydrogens is 179 g/mol. The van der Waals surface area contributed by atoms with Crippen LogP contribution in [0.4, 0.5) is 0 Å². The van der Waals surface area contributed by atoms with Gasteiger partial charge in [0, 0.05) is 0 Å². The van der Waals surface area contributed by atoms with Crippen LogP contribution in [-0.2, 0) is 15.7 Å². The highest BCUT2D eigenvalue weighted by atomic mass is 31.1. The molecule has 0 spiro atoms. The molecule has 0 radical (unpaired) electrons. The van der Waals surface area contributed by atoms with Crippen molar-refractivity contribution in [3.63, 3.8) is 0 Å². The molecule has 5 heteroatoms. The molecule has 0 bridgehead atoms. The van der Waals surface area contributed by atoms with Crippen LogP contribution in [0.3, 0.4) is 0 Å². The fourth-order valence-electron chi connectivity index (χ4n) is 0.737. The Morgan fingerprint density at radius 3 is 2.42 bits per heavy atom. The molecule has 0 aliphatic heterocycles. The fourth-order valence-corrected chi connectivity index (χ4v) is 1.03. The average Bonchev–Trinajstić information content (AvgIpc) is 2.03. The maximum absolute atomic E-state index is 10.2. The largest absolute Gasteiger partial charge is 0.508 e. The van der Waals surface area contributed by atoms with E-state index in [0.717, 1.165) is 5.56 Å². The van der Waals surface area contributed by atoms with Gasteiger partial charge in [0.05, 0.1) is 6.61 Å². The number of hydrogen-bond acceptors (Lipinski definition) is 3. The lowest BCUT2D eigenvalue weighted by Gasteiger charge is -1.99. The summed E-state index contributed by atoms with van der Waals surface area (Å²) in [5.41, 5.74) is 0.750. The minimum atomic E-state index is -2.85. The number of rotatable bonds is 3. The van der Waals surface area contributed by atoms with Crippen molar-refractivity contribution in [3.05, 3.63) is 29.8 Å². The van der Waals surface area contributed by atoms with Gasteiger partial charge in [0.25, 0.3) is 0 Å². The normalized spacial score (nSPS) is 12.8. The van der Waals surface area contributed by atoms with Gasteiger partial charge in [-0.15, -0.1) is 0 Å². The van der Waals surface area contributed by atoms with E-state index >= 15 is 0 Å².